The standard InChI is InChI=1S/C22H24O11/c1-8-4-9(31-22-19(27)18(26)16(24)13(7-23)33-22)5-11-14(8)10-6-12(29-2)20(30-3)17(25)15(10)21(28)32-11/h4-6,13,16,18-19,22-27H,7H2,1-3H3/t13-,16-,18+,19-,22-/m1/s1. The van der Waals surface area contributed by atoms with Crippen molar-refractivity contribution in [3.8, 4) is 23.0 Å². The Balaban J connectivity index is 1.82. The molecule has 0 saturated carbocycles. The van der Waals surface area contributed by atoms with Crippen molar-refractivity contribution in [1.29, 1.82) is 0 Å². The molecule has 5 N–H and O–H groups in total. The lowest BCUT2D eigenvalue weighted by molar-refractivity contribution is -0.277. The Kier molecular flexibility index (Phi) is 6.08. The molecular weight excluding hydrogens is 440 g/mol. The Morgan fingerprint density at radius 2 is 1.73 bits per heavy atom. The van der Waals surface area contributed by atoms with E-state index in [0.29, 0.717) is 16.3 Å². The van der Waals surface area contributed by atoms with Gasteiger partial charge in [-0.15, -0.1) is 0 Å². The zero-order valence-corrected chi connectivity index (χ0v) is 18.0. The second kappa shape index (κ2) is 8.69. The van der Waals surface area contributed by atoms with Crippen LogP contribution in [-0.4, -0.2) is 77.1 Å². The molecule has 1 aliphatic rings. The molecule has 4 rings (SSSR count). The number of methoxy groups -OCH3 is 2. The van der Waals surface area contributed by atoms with E-state index in [0.717, 1.165) is 0 Å². The topological polar surface area (TPSA) is 168 Å². The Morgan fingerprint density at radius 3 is 2.36 bits per heavy atom. The minimum Gasteiger partial charge on any atom is -0.504 e. The van der Waals surface area contributed by atoms with E-state index in [1.54, 1.807) is 19.1 Å². The largest absolute Gasteiger partial charge is 0.504 e. The van der Waals surface area contributed by atoms with E-state index in [9.17, 15) is 30.3 Å². The molecule has 1 aliphatic heterocycles. The summed E-state index contributed by atoms with van der Waals surface area (Å²) in [4.78, 5) is 12.7. The minimum absolute atomic E-state index is 0.00289. The van der Waals surface area contributed by atoms with Crippen LogP contribution in [0.2, 0.25) is 0 Å². The monoisotopic (exact) mass is 464 g/mol. The second-order valence-corrected chi connectivity index (χ2v) is 7.70. The van der Waals surface area contributed by atoms with E-state index in [4.69, 9.17) is 23.4 Å². The highest BCUT2D eigenvalue weighted by atomic mass is 16.7. The van der Waals surface area contributed by atoms with Gasteiger partial charge in [0.2, 0.25) is 12.0 Å². The summed E-state index contributed by atoms with van der Waals surface area (Å²) in [5.74, 6) is -0.0626. The summed E-state index contributed by atoms with van der Waals surface area (Å²) < 4.78 is 26.9. The van der Waals surface area contributed by atoms with Crippen LogP contribution in [0.4, 0.5) is 0 Å². The van der Waals surface area contributed by atoms with Crippen molar-refractivity contribution in [1.82, 2.24) is 0 Å². The Labute approximate surface area is 186 Å². The van der Waals surface area contributed by atoms with Crippen molar-refractivity contribution in [2.75, 3.05) is 20.8 Å². The molecule has 0 spiro atoms. The lowest BCUT2D eigenvalue weighted by Crippen LogP contribution is -2.60. The fourth-order valence-electron chi connectivity index (χ4n) is 4.05. The first kappa shape index (κ1) is 23.1. The molecule has 2 heterocycles. The maximum absolute atomic E-state index is 12.7. The van der Waals surface area contributed by atoms with Gasteiger partial charge >= 0.3 is 5.63 Å². The molecule has 1 saturated heterocycles. The van der Waals surface area contributed by atoms with Gasteiger partial charge in [-0.3, -0.25) is 0 Å². The Bertz CT molecular complexity index is 1250. The van der Waals surface area contributed by atoms with Crippen LogP contribution in [-0.2, 0) is 4.74 Å². The van der Waals surface area contributed by atoms with E-state index in [1.807, 2.05) is 0 Å². The molecule has 2 aromatic carbocycles. The number of ether oxygens (including phenoxy) is 4. The Hall–Kier alpha value is -3.09. The molecule has 11 heteroatoms. The van der Waals surface area contributed by atoms with Crippen LogP contribution in [0.5, 0.6) is 23.0 Å². The second-order valence-electron chi connectivity index (χ2n) is 7.70. The van der Waals surface area contributed by atoms with E-state index in [2.05, 4.69) is 0 Å². The first-order chi connectivity index (χ1) is 15.7. The van der Waals surface area contributed by atoms with Crippen molar-refractivity contribution in [2.45, 2.75) is 37.6 Å². The predicted octanol–water partition coefficient (Wildman–Crippen LogP) is 0.156. The lowest BCUT2D eigenvalue weighted by Gasteiger charge is -2.39. The van der Waals surface area contributed by atoms with Gasteiger partial charge in [-0.25, -0.2) is 4.79 Å². The third-order valence-electron chi connectivity index (χ3n) is 5.69. The summed E-state index contributed by atoms with van der Waals surface area (Å²) in [6.07, 6.45) is -7.27. The predicted molar refractivity (Wildman–Crippen MR) is 114 cm³/mol. The van der Waals surface area contributed by atoms with Crippen LogP contribution in [0.25, 0.3) is 21.7 Å². The van der Waals surface area contributed by atoms with Crippen molar-refractivity contribution in [3.05, 3.63) is 34.2 Å². The number of aromatic hydroxyl groups is 1. The maximum Gasteiger partial charge on any atom is 0.348 e. The molecule has 0 unspecified atom stereocenters. The quantitative estimate of drug-likeness (QED) is 0.257. The summed E-state index contributed by atoms with van der Waals surface area (Å²) >= 11 is 0. The normalized spacial score (nSPS) is 25.4. The molecule has 0 amide bonds. The van der Waals surface area contributed by atoms with Crippen LogP contribution >= 0.6 is 0 Å². The molecule has 1 fully saturated rings. The fraction of sp³-hybridized carbons (Fsp3) is 0.409. The molecule has 178 valence electrons. The SMILES string of the molecule is COc1cc2c(c(O)c1OC)c(=O)oc1cc(O[C@@H]3O[C@H](CO)[C@@H](O)[C@H](O)[C@H]3O)cc(C)c12. The first-order valence-corrected chi connectivity index (χ1v) is 10.0. The molecule has 33 heavy (non-hydrogen) atoms. The van der Waals surface area contributed by atoms with Crippen LogP contribution < -0.4 is 19.8 Å². The van der Waals surface area contributed by atoms with Gasteiger partial charge in [0.25, 0.3) is 0 Å². The van der Waals surface area contributed by atoms with Gasteiger partial charge in [0.05, 0.1) is 20.8 Å². The first-order valence-electron chi connectivity index (χ1n) is 10.0. The van der Waals surface area contributed by atoms with Gasteiger partial charge in [-0.05, 0) is 24.6 Å². The molecule has 11 nitrogen and oxygen atoms in total. The molecule has 5 atom stereocenters. The Morgan fingerprint density at radius 1 is 1.00 bits per heavy atom. The van der Waals surface area contributed by atoms with Crippen molar-refractivity contribution in [3.63, 3.8) is 0 Å². The molecular formula is C22H24O11. The summed E-state index contributed by atoms with van der Waals surface area (Å²) in [6, 6.07) is 4.52. The minimum atomic E-state index is -1.60. The van der Waals surface area contributed by atoms with E-state index in [1.165, 1.54) is 20.3 Å². The summed E-state index contributed by atoms with van der Waals surface area (Å²) in [5.41, 5.74) is -0.105. The van der Waals surface area contributed by atoms with Gasteiger partial charge in [-0.2, -0.15) is 0 Å². The molecule has 0 radical (unpaired) electrons. The number of aliphatic hydroxyl groups is 4. The van der Waals surface area contributed by atoms with Crippen LogP contribution in [0.1, 0.15) is 5.56 Å². The number of phenols is 1. The number of hydrogen-bond acceptors (Lipinski definition) is 11. The van der Waals surface area contributed by atoms with Crippen molar-refractivity contribution in [2.24, 2.45) is 0 Å². The third-order valence-corrected chi connectivity index (χ3v) is 5.69. The van der Waals surface area contributed by atoms with Gasteiger partial charge < -0.3 is 48.9 Å². The zero-order chi connectivity index (χ0) is 24.0. The number of benzene rings is 2. The summed E-state index contributed by atoms with van der Waals surface area (Å²) in [5, 5.41) is 50.8. The van der Waals surface area contributed by atoms with Crippen molar-refractivity contribution >= 4 is 21.7 Å². The third kappa shape index (κ3) is 3.73. The fourth-order valence-corrected chi connectivity index (χ4v) is 4.05. The average molecular weight is 464 g/mol. The molecule has 3 aromatic rings. The molecule has 0 bridgehead atoms. The summed E-state index contributed by atoms with van der Waals surface area (Å²) in [7, 11) is 2.73. The number of aryl methyl sites for hydroxylation is 1. The van der Waals surface area contributed by atoms with E-state index >= 15 is 0 Å². The van der Waals surface area contributed by atoms with Crippen LogP contribution in [0.15, 0.2) is 27.4 Å². The molecule has 0 aliphatic carbocycles. The van der Waals surface area contributed by atoms with Gasteiger partial charge in [0, 0.05) is 16.8 Å². The number of fused-ring (bicyclic) bond motifs is 3. The number of hydrogen-bond donors (Lipinski definition) is 5. The van der Waals surface area contributed by atoms with Gasteiger partial charge in [0.1, 0.15) is 41.1 Å². The average Bonchev–Trinajstić information content (AvgIpc) is 2.78. The van der Waals surface area contributed by atoms with Gasteiger partial charge in [-0.1, -0.05) is 0 Å². The zero-order valence-electron chi connectivity index (χ0n) is 18.0. The van der Waals surface area contributed by atoms with Gasteiger partial charge in [0.15, 0.2) is 11.5 Å². The van der Waals surface area contributed by atoms with Crippen molar-refractivity contribution < 1.29 is 48.9 Å². The summed E-state index contributed by atoms with van der Waals surface area (Å²) in [6.45, 7) is 1.12. The number of phenolic OH excluding ortho intramolecular Hbond substituents is 1. The highest BCUT2D eigenvalue weighted by Gasteiger charge is 2.44. The van der Waals surface area contributed by atoms with E-state index < -0.39 is 48.7 Å². The highest BCUT2D eigenvalue weighted by Crippen LogP contribution is 2.44. The maximum atomic E-state index is 12.7. The smallest absolute Gasteiger partial charge is 0.348 e. The van der Waals surface area contributed by atoms with Crippen LogP contribution in [0.3, 0.4) is 0 Å². The highest BCUT2D eigenvalue weighted by molar-refractivity contribution is 6.09. The van der Waals surface area contributed by atoms with E-state index in [-0.39, 0.29) is 28.2 Å². The van der Waals surface area contributed by atoms with Crippen LogP contribution in [0, 0.1) is 6.92 Å². The molecule has 1 aromatic heterocycles. The number of rotatable bonds is 5. The number of aliphatic hydroxyl groups excluding tert-OH is 4. The lowest BCUT2D eigenvalue weighted by atomic mass is 9.99.